The van der Waals surface area contributed by atoms with E-state index >= 15 is 0 Å². The standard InChI is InChI=1S/C20H19NO5S/c1-24-16-10-6-7-14(18(16)25-2)13-17-19(22)21(20(23)27-17)11-12-26-15-8-4-3-5-9-15/h3-10,13H,11-12H2,1-2H3/b17-13-. The number of thioether (sulfide) groups is 1. The lowest BCUT2D eigenvalue weighted by Gasteiger charge is -2.13. The molecule has 1 fully saturated rings. The molecule has 0 radical (unpaired) electrons. The summed E-state index contributed by atoms with van der Waals surface area (Å²) in [5.74, 6) is 1.42. The summed E-state index contributed by atoms with van der Waals surface area (Å²) in [6, 6.07) is 14.6. The average molecular weight is 385 g/mol. The van der Waals surface area contributed by atoms with Gasteiger partial charge >= 0.3 is 0 Å². The van der Waals surface area contributed by atoms with Gasteiger partial charge in [-0.3, -0.25) is 14.5 Å². The Balaban J connectivity index is 1.71. The monoisotopic (exact) mass is 385 g/mol. The number of methoxy groups -OCH3 is 2. The minimum Gasteiger partial charge on any atom is -0.493 e. The highest BCUT2D eigenvalue weighted by atomic mass is 32.2. The number of amides is 2. The van der Waals surface area contributed by atoms with Crippen LogP contribution >= 0.6 is 11.8 Å². The van der Waals surface area contributed by atoms with Crippen molar-refractivity contribution in [1.29, 1.82) is 0 Å². The van der Waals surface area contributed by atoms with E-state index in [2.05, 4.69) is 0 Å². The number of rotatable bonds is 7. The van der Waals surface area contributed by atoms with E-state index in [0.717, 1.165) is 11.8 Å². The Morgan fingerprint density at radius 3 is 2.48 bits per heavy atom. The van der Waals surface area contributed by atoms with Gasteiger partial charge in [0.15, 0.2) is 11.5 Å². The van der Waals surface area contributed by atoms with Gasteiger partial charge in [-0.2, -0.15) is 0 Å². The molecule has 0 saturated carbocycles. The lowest BCUT2D eigenvalue weighted by atomic mass is 10.1. The molecule has 1 aliphatic rings. The van der Waals surface area contributed by atoms with Gasteiger partial charge in [-0.25, -0.2) is 0 Å². The quantitative estimate of drug-likeness (QED) is 0.675. The van der Waals surface area contributed by atoms with Crippen LogP contribution in [0.1, 0.15) is 5.56 Å². The topological polar surface area (TPSA) is 65.1 Å². The van der Waals surface area contributed by atoms with Crippen molar-refractivity contribution in [2.45, 2.75) is 0 Å². The number of imide groups is 1. The third kappa shape index (κ3) is 4.25. The van der Waals surface area contributed by atoms with Gasteiger partial charge in [0, 0.05) is 5.56 Å². The zero-order chi connectivity index (χ0) is 19.2. The summed E-state index contributed by atoms with van der Waals surface area (Å²) in [6.07, 6.45) is 1.64. The van der Waals surface area contributed by atoms with Crippen molar-refractivity contribution >= 4 is 29.0 Å². The van der Waals surface area contributed by atoms with E-state index < -0.39 is 0 Å². The van der Waals surface area contributed by atoms with Crippen LogP contribution in [0.2, 0.25) is 0 Å². The molecule has 2 aromatic rings. The van der Waals surface area contributed by atoms with Crippen LogP contribution < -0.4 is 14.2 Å². The molecule has 0 aliphatic carbocycles. The first kappa shape index (κ1) is 18.8. The van der Waals surface area contributed by atoms with Crippen LogP contribution in [0.5, 0.6) is 17.2 Å². The zero-order valence-corrected chi connectivity index (χ0v) is 15.8. The van der Waals surface area contributed by atoms with E-state index in [4.69, 9.17) is 14.2 Å². The molecule has 0 aromatic heterocycles. The Morgan fingerprint density at radius 1 is 1.00 bits per heavy atom. The van der Waals surface area contributed by atoms with E-state index in [9.17, 15) is 9.59 Å². The fourth-order valence-corrected chi connectivity index (χ4v) is 3.49. The van der Waals surface area contributed by atoms with Crippen molar-refractivity contribution in [3.05, 3.63) is 59.0 Å². The lowest BCUT2D eigenvalue weighted by Crippen LogP contribution is -2.32. The number of hydrogen-bond acceptors (Lipinski definition) is 6. The molecule has 0 N–H and O–H groups in total. The summed E-state index contributed by atoms with van der Waals surface area (Å²) in [7, 11) is 3.07. The van der Waals surface area contributed by atoms with Gasteiger partial charge in [-0.15, -0.1) is 0 Å². The van der Waals surface area contributed by atoms with Crippen molar-refractivity contribution in [2.24, 2.45) is 0 Å². The van der Waals surface area contributed by atoms with Crippen LogP contribution in [0.3, 0.4) is 0 Å². The molecule has 0 atom stereocenters. The minimum absolute atomic E-state index is 0.187. The molecule has 7 heteroatoms. The molecule has 1 saturated heterocycles. The van der Waals surface area contributed by atoms with E-state index in [1.54, 1.807) is 31.4 Å². The maximum atomic E-state index is 12.6. The number of carbonyl (C=O) groups excluding carboxylic acids is 2. The summed E-state index contributed by atoms with van der Waals surface area (Å²) in [5.41, 5.74) is 0.669. The van der Waals surface area contributed by atoms with Crippen molar-refractivity contribution in [2.75, 3.05) is 27.4 Å². The van der Waals surface area contributed by atoms with Gasteiger partial charge in [0.2, 0.25) is 0 Å². The molecule has 2 aromatic carbocycles. The largest absolute Gasteiger partial charge is 0.493 e. The van der Waals surface area contributed by atoms with Gasteiger partial charge < -0.3 is 14.2 Å². The van der Waals surface area contributed by atoms with Crippen LogP contribution in [-0.4, -0.2) is 43.4 Å². The molecule has 0 spiro atoms. The van der Waals surface area contributed by atoms with Crippen LogP contribution in [-0.2, 0) is 4.79 Å². The maximum absolute atomic E-state index is 12.6. The summed E-state index contributed by atoms with van der Waals surface area (Å²) in [6.45, 7) is 0.421. The Kier molecular flexibility index (Phi) is 6.03. The molecule has 27 heavy (non-hydrogen) atoms. The molecule has 3 rings (SSSR count). The average Bonchev–Trinajstić information content (AvgIpc) is 2.96. The first-order chi connectivity index (χ1) is 13.1. The molecule has 1 aliphatic heterocycles. The maximum Gasteiger partial charge on any atom is 0.293 e. The Bertz CT molecular complexity index is 866. The molecule has 2 amide bonds. The summed E-state index contributed by atoms with van der Waals surface area (Å²) >= 11 is 0.902. The Labute approximate surface area is 161 Å². The first-order valence-corrected chi connectivity index (χ1v) is 9.10. The molecular formula is C20H19NO5S. The van der Waals surface area contributed by atoms with Gasteiger partial charge in [0.25, 0.3) is 11.1 Å². The number of carbonyl (C=O) groups is 2. The number of nitrogens with zero attached hydrogens (tertiary/aromatic N) is 1. The highest BCUT2D eigenvalue weighted by Crippen LogP contribution is 2.37. The van der Waals surface area contributed by atoms with Crippen LogP contribution in [0.15, 0.2) is 53.4 Å². The lowest BCUT2D eigenvalue weighted by molar-refractivity contribution is -0.123. The van der Waals surface area contributed by atoms with Gasteiger partial charge in [-0.1, -0.05) is 30.3 Å². The highest BCUT2D eigenvalue weighted by Gasteiger charge is 2.35. The zero-order valence-electron chi connectivity index (χ0n) is 15.0. The van der Waals surface area contributed by atoms with Crippen molar-refractivity contribution in [3.8, 4) is 17.2 Å². The predicted octanol–water partition coefficient (Wildman–Crippen LogP) is 3.82. The molecule has 0 unspecified atom stereocenters. The van der Waals surface area contributed by atoms with E-state index in [1.165, 1.54) is 12.0 Å². The third-order valence-electron chi connectivity index (χ3n) is 3.92. The number of para-hydroxylation sites is 2. The molecule has 1 heterocycles. The molecule has 140 valence electrons. The SMILES string of the molecule is COc1cccc(/C=C2\SC(=O)N(CCOc3ccccc3)C2=O)c1OC. The van der Waals surface area contributed by atoms with E-state index in [-0.39, 0.29) is 24.3 Å². The molecule has 0 bridgehead atoms. The predicted molar refractivity (Wildman–Crippen MR) is 104 cm³/mol. The molecular weight excluding hydrogens is 366 g/mol. The second kappa shape index (κ2) is 8.64. The van der Waals surface area contributed by atoms with Gasteiger partial charge in [0.05, 0.1) is 25.7 Å². The number of hydrogen-bond donors (Lipinski definition) is 0. The summed E-state index contributed by atoms with van der Waals surface area (Å²) in [4.78, 5) is 26.4. The van der Waals surface area contributed by atoms with Crippen molar-refractivity contribution in [1.82, 2.24) is 4.90 Å². The Hall–Kier alpha value is -2.93. The Morgan fingerprint density at radius 2 is 1.78 bits per heavy atom. The summed E-state index contributed by atoms with van der Waals surface area (Å²) in [5, 5.41) is -0.315. The fraction of sp³-hybridized carbons (Fsp3) is 0.200. The first-order valence-electron chi connectivity index (χ1n) is 8.28. The fourth-order valence-electron chi connectivity index (χ4n) is 2.63. The number of ether oxygens (including phenoxy) is 3. The van der Waals surface area contributed by atoms with Crippen molar-refractivity contribution in [3.63, 3.8) is 0 Å². The highest BCUT2D eigenvalue weighted by molar-refractivity contribution is 8.18. The second-order valence-electron chi connectivity index (χ2n) is 5.58. The second-order valence-corrected chi connectivity index (χ2v) is 6.57. The molecule has 6 nitrogen and oxygen atoms in total. The van der Waals surface area contributed by atoms with Gasteiger partial charge in [-0.05, 0) is 36.0 Å². The van der Waals surface area contributed by atoms with E-state index in [0.29, 0.717) is 27.7 Å². The van der Waals surface area contributed by atoms with E-state index in [1.807, 2.05) is 30.3 Å². The summed E-state index contributed by atoms with van der Waals surface area (Å²) < 4.78 is 16.2. The van der Waals surface area contributed by atoms with Gasteiger partial charge in [0.1, 0.15) is 12.4 Å². The smallest absolute Gasteiger partial charge is 0.293 e. The van der Waals surface area contributed by atoms with Crippen LogP contribution in [0, 0.1) is 0 Å². The van der Waals surface area contributed by atoms with Crippen LogP contribution in [0.4, 0.5) is 4.79 Å². The third-order valence-corrected chi connectivity index (χ3v) is 4.83. The van der Waals surface area contributed by atoms with Crippen LogP contribution in [0.25, 0.3) is 6.08 Å². The van der Waals surface area contributed by atoms with Crippen molar-refractivity contribution < 1.29 is 23.8 Å². The normalized spacial score (nSPS) is 15.3. The number of benzene rings is 2. The minimum atomic E-state index is -0.341.